The van der Waals surface area contributed by atoms with Crippen molar-refractivity contribution in [1.82, 2.24) is 15.0 Å². The number of hydrogen-bond acceptors (Lipinski definition) is 4. The molecule has 5 heteroatoms. The maximum absolute atomic E-state index is 12.9. The summed E-state index contributed by atoms with van der Waals surface area (Å²) in [6.07, 6.45) is 0. The summed E-state index contributed by atoms with van der Waals surface area (Å²) >= 11 is 0. The maximum Gasteiger partial charge on any atom is 0.171 e. The molecule has 0 aliphatic heterocycles. The first-order valence-corrected chi connectivity index (χ1v) is 8.73. The smallest absolute Gasteiger partial charge is 0.171 e. The molecule has 3 aromatic rings. The Balaban J connectivity index is 2.28. The molecule has 1 N–H and O–H groups in total. The monoisotopic (exact) mass is 351 g/mol. The Kier molecular flexibility index (Phi) is 4.14. The molecule has 1 heterocycles. The van der Waals surface area contributed by atoms with Gasteiger partial charge >= 0.3 is 0 Å². The summed E-state index contributed by atoms with van der Waals surface area (Å²) in [6.45, 7) is 11.8. The van der Waals surface area contributed by atoms with Gasteiger partial charge in [-0.3, -0.25) is 4.79 Å². The molecule has 26 heavy (non-hydrogen) atoms. The van der Waals surface area contributed by atoms with Crippen molar-refractivity contribution in [2.24, 2.45) is 5.41 Å². The minimum absolute atomic E-state index is 0.0850. The second-order valence-electron chi connectivity index (χ2n) is 8.70. The minimum Gasteiger partial charge on any atom is -0.505 e. The number of fused-ring (bicyclic) bond motifs is 1. The summed E-state index contributed by atoms with van der Waals surface area (Å²) < 4.78 is 0. The van der Waals surface area contributed by atoms with Gasteiger partial charge in [-0.1, -0.05) is 53.7 Å². The Labute approximate surface area is 153 Å². The van der Waals surface area contributed by atoms with Gasteiger partial charge in [-0.2, -0.15) is 0 Å². The number of Topliss-reactive ketones (excluding diaryl/α,β-unsaturated/α-hetero) is 1. The van der Waals surface area contributed by atoms with Gasteiger partial charge in [0.2, 0.25) is 0 Å². The van der Waals surface area contributed by atoms with E-state index < -0.39 is 5.41 Å². The largest absolute Gasteiger partial charge is 0.505 e. The SMILES string of the molecule is CC(C)(C)C(=O)c1cc(C(C)(C)C)cc(-n2nc3ccccc3n2)c1O. The van der Waals surface area contributed by atoms with Gasteiger partial charge in [0.1, 0.15) is 16.7 Å². The van der Waals surface area contributed by atoms with E-state index in [1.54, 1.807) is 6.07 Å². The molecule has 0 aliphatic carbocycles. The first-order valence-electron chi connectivity index (χ1n) is 8.73. The van der Waals surface area contributed by atoms with Gasteiger partial charge in [-0.25, -0.2) is 0 Å². The number of nitrogens with zero attached hydrogens (tertiary/aromatic N) is 3. The van der Waals surface area contributed by atoms with Crippen LogP contribution in [-0.4, -0.2) is 25.9 Å². The number of hydrogen-bond donors (Lipinski definition) is 1. The van der Waals surface area contributed by atoms with Crippen LogP contribution in [0.15, 0.2) is 36.4 Å². The summed E-state index contributed by atoms with van der Waals surface area (Å²) in [6, 6.07) is 11.2. The highest BCUT2D eigenvalue weighted by molar-refractivity contribution is 6.03. The zero-order chi connectivity index (χ0) is 19.3. The molecule has 1 aromatic heterocycles. The van der Waals surface area contributed by atoms with E-state index in [9.17, 15) is 9.90 Å². The zero-order valence-electron chi connectivity index (χ0n) is 16.2. The first kappa shape index (κ1) is 18.1. The second kappa shape index (κ2) is 5.94. The van der Waals surface area contributed by atoms with E-state index in [1.165, 1.54) is 4.80 Å². The van der Waals surface area contributed by atoms with Crippen LogP contribution in [0.5, 0.6) is 5.75 Å². The average molecular weight is 351 g/mol. The highest BCUT2D eigenvalue weighted by atomic mass is 16.3. The Morgan fingerprint density at radius 3 is 1.96 bits per heavy atom. The minimum atomic E-state index is -0.604. The molecular weight excluding hydrogens is 326 g/mol. The van der Waals surface area contributed by atoms with E-state index in [1.807, 2.05) is 51.1 Å². The Morgan fingerprint density at radius 2 is 1.50 bits per heavy atom. The van der Waals surface area contributed by atoms with Crippen molar-refractivity contribution in [3.8, 4) is 11.4 Å². The van der Waals surface area contributed by atoms with Crippen LogP contribution in [0.3, 0.4) is 0 Å². The predicted octanol–water partition coefficient (Wildman–Crippen LogP) is 4.65. The first-order chi connectivity index (χ1) is 12.0. The lowest BCUT2D eigenvalue weighted by Crippen LogP contribution is -2.22. The topological polar surface area (TPSA) is 68.0 Å². The third-order valence-electron chi connectivity index (χ3n) is 4.38. The number of phenols is 1. The van der Waals surface area contributed by atoms with Gasteiger partial charge < -0.3 is 5.11 Å². The fourth-order valence-corrected chi connectivity index (χ4v) is 2.75. The van der Waals surface area contributed by atoms with Crippen LogP contribution in [0.1, 0.15) is 57.5 Å². The third-order valence-corrected chi connectivity index (χ3v) is 4.38. The van der Waals surface area contributed by atoms with Crippen molar-refractivity contribution in [3.63, 3.8) is 0 Å². The normalized spacial score (nSPS) is 12.5. The maximum atomic E-state index is 12.9. The third kappa shape index (κ3) is 3.21. The van der Waals surface area contributed by atoms with E-state index in [-0.39, 0.29) is 16.9 Å². The van der Waals surface area contributed by atoms with Crippen molar-refractivity contribution < 1.29 is 9.90 Å². The summed E-state index contributed by atoms with van der Waals surface area (Å²) in [4.78, 5) is 14.3. The summed E-state index contributed by atoms with van der Waals surface area (Å²) in [5.41, 5.74) is 2.34. The standard InChI is InChI=1S/C21H25N3O2/c1-20(2,3)13-11-14(19(26)21(4,5)6)18(25)17(12-13)24-22-15-9-7-8-10-16(15)23-24/h7-12,25H,1-6H3. The summed E-state index contributed by atoms with van der Waals surface area (Å²) in [7, 11) is 0. The molecule has 0 atom stereocenters. The average Bonchev–Trinajstić information content (AvgIpc) is 2.96. The molecule has 0 aliphatic rings. The van der Waals surface area contributed by atoms with Gasteiger partial charge in [-0.05, 0) is 35.2 Å². The van der Waals surface area contributed by atoms with Crippen LogP contribution in [0, 0.1) is 5.41 Å². The van der Waals surface area contributed by atoms with Crippen LogP contribution in [0.25, 0.3) is 16.7 Å². The fraction of sp³-hybridized carbons (Fsp3) is 0.381. The molecule has 5 nitrogen and oxygen atoms in total. The molecule has 136 valence electrons. The number of phenolic OH excluding ortho intramolecular Hbond substituents is 1. The lowest BCUT2D eigenvalue weighted by molar-refractivity contribution is 0.0855. The summed E-state index contributed by atoms with van der Waals surface area (Å²) in [5, 5.41) is 19.8. The molecule has 0 radical (unpaired) electrons. The van der Waals surface area contributed by atoms with E-state index in [2.05, 4.69) is 31.0 Å². The second-order valence-corrected chi connectivity index (χ2v) is 8.70. The molecule has 0 spiro atoms. The molecule has 0 amide bonds. The van der Waals surface area contributed by atoms with Crippen molar-refractivity contribution in [3.05, 3.63) is 47.5 Å². The van der Waals surface area contributed by atoms with Gasteiger partial charge in [0, 0.05) is 5.41 Å². The molecule has 0 saturated carbocycles. The number of ketones is 1. The van der Waals surface area contributed by atoms with Crippen molar-refractivity contribution in [2.45, 2.75) is 47.0 Å². The van der Waals surface area contributed by atoms with E-state index in [4.69, 9.17) is 0 Å². The number of aromatic hydroxyl groups is 1. The Morgan fingerprint density at radius 1 is 0.962 bits per heavy atom. The van der Waals surface area contributed by atoms with Crippen molar-refractivity contribution in [2.75, 3.05) is 0 Å². The van der Waals surface area contributed by atoms with Gasteiger partial charge in [0.15, 0.2) is 11.5 Å². The summed E-state index contributed by atoms with van der Waals surface area (Å²) in [5.74, 6) is -0.197. The molecule has 0 saturated heterocycles. The Bertz CT molecular complexity index is 956. The van der Waals surface area contributed by atoms with E-state index in [0.29, 0.717) is 11.3 Å². The lowest BCUT2D eigenvalue weighted by Gasteiger charge is -2.24. The van der Waals surface area contributed by atoms with Crippen LogP contribution in [0.4, 0.5) is 0 Å². The molecule has 3 rings (SSSR count). The lowest BCUT2D eigenvalue weighted by atomic mass is 9.81. The van der Waals surface area contributed by atoms with Crippen LogP contribution < -0.4 is 0 Å². The predicted molar refractivity (Wildman–Crippen MR) is 103 cm³/mol. The van der Waals surface area contributed by atoms with Crippen LogP contribution >= 0.6 is 0 Å². The van der Waals surface area contributed by atoms with E-state index in [0.717, 1.165) is 16.6 Å². The van der Waals surface area contributed by atoms with E-state index >= 15 is 0 Å². The molecule has 0 bridgehead atoms. The quantitative estimate of drug-likeness (QED) is 0.682. The number of aromatic nitrogens is 3. The molecule has 2 aromatic carbocycles. The molecular formula is C21H25N3O2. The van der Waals surface area contributed by atoms with Crippen LogP contribution in [0.2, 0.25) is 0 Å². The number of rotatable bonds is 2. The number of carbonyl (C=O) groups excluding carboxylic acids is 1. The number of carbonyl (C=O) groups is 1. The van der Waals surface area contributed by atoms with Crippen molar-refractivity contribution in [1.29, 1.82) is 0 Å². The van der Waals surface area contributed by atoms with Crippen molar-refractivity contribution >= 4 is 16.8 Å². The molecule has 0 fully saturated rings. The molecule has 0 unspecified atom stereocenters. The van der Waals surface area contributed by atoms with Gasteiger partial charge in [-0.15, -0.1) is 15.0 Å². The van der Waals surface area contributed by atoms with Gasteiger partial charge in [0.05, 0.1) is 5.56 Å². The highest BCUT2D eigenvalue weighted by Crippen LogP contribution is 2.36. The Hall–Kier alpha value is -2.69. The van der Waals surface area contributed by atoms with Crippen LogP contribution in [-0.2, 0) is 5.41 Å². The highest BCUT2D eigenvalue weighted by Gasteiger charge is 2.29. The number of benzene rings is 2. The zero-order valence-corrected chi connectivity index (χ0v) is 16.2. The fourth-order valence-electron chi connectivity index (χ4n) is 2.75. The van der Waals surface area contributed by atoms with Gasteiger partial charge in [0.25, 0.3) is 0 Å².